The van der Waals surface area contributed by atoms with Crippen LogP contribution in [0.2, 0.25) is 0 Å². The van der Waals surface area contributed by atoms with Crippen LogP contribution in [-0.2, 0) is 0 Å². The number of halogens is 7. The molecule has 0 saturated carbocycles. The predicted molar refractivity (Wildman–Crippen MR) is 113 cm³/mol. The van der Waals surface area contributed by atoms with Crippen molar-refractivity contribution < 1.29 is 30.7 Å². The average molecular weight is 462 g/mol. The minimum absolute atomic E-state index is 0.0446. The molecule has 0 heterocycles. The van der Waals surface area contributed by atoms with Gasteiger partial charge < -0.3 is 0 Å². The van der Waals surface area contributed by atoms with Gasteiger partial charge in [-0.1, -0.05) is 31.1 Å². The number of hydrogen-bond acceptors (Lipinski definition) is 0. The lowest BCUT2D eigenvalue weighted by Crippen LogP contribution is -2.03. The smallest absolute Gasteiger partial charge is 0.206 e. The summed E-state index contributed by atoms with van der Waals surface area (Å²) in [6.45, 7) is 2.11. The molecule has 0 nitrogen and oxygen atoms in total. The van der Waals surface area contributed by atoms with E-state index in [0.717, 1.165) is 36.5 Å². The molecule has 0 saturated heterocycles. The minimum atomic E-state index is -4.91. The Morgan fingerprint density at radius 1 is 0.879 bits per heavy atom. The van der Waals surface area contributed by atoms with Crippen molar-refractivity contribution >= 4 is 16.3 Å². The van der Waals surface area contributed by atoms with Crippen molar-refractivity contribution in [1.82, 2.24) is 0 Å². The Morgan fingerprint density at radius 2 is 1.58 bits per heavy atom. The van der Waals surface area contributed by atoms with Gasteiger partial charge in [0.05, 0.1) is 11.1 Å². The fraction of sp³-hybridized carbons (Fsp3) is 0.231. The second kappa shape index (κ2) is 8.58. The molecule has 1 aliphatic carbocycles. The molecule has 1 aliphatic rings. The van der Waals surface area contributed by atoms with Crippen LogP contribution in [0.5, 0.6) is 0 Å². The summed E-state index contributed by atoms with van der Waals surface area (Å²) in [5.41, 5.74) is -0.0150. The van der Waals surface area contributed by atoms with E-state index in [0.29, 0.717) is 17.9 Å². The fourth-order valence-electron chi connectivity index (χ4n) is 4.00. The van der Waals surface area contributed by atoms with E-state index < -0.39 is 35.0 Å². The number of benzene rings is 3. The van der Waals surface area contributed by atoms with Gasteiger partial charge >= 0.3 is 6.18 Å². The maximum atomic E-state index is 14.9. The Bertz CT molecular complexity index is 1310. The molecule has 1 atom stereocenters. The van der Waals surface area contributed by atoms with Crippen LogP contribution in [-0.4, -0.2) is 6.18 Å². The van der Waals surface area contributed by atoms with Gasteiger partial charge in [-0.15, -0.1) is 0 Å². The van der Waals surface area contributed by atoms with Crippen LogP contribution in [0.3, 0.4) is 0 Å². The van der Waals surface area contributed by atoms with Crippen LogP contribution in [0.15, 0.2) is 42.5 Å². The van der Waals surface area contributed by atoms with Crippen molar-refractivity contribution in [3.8, 4) is 23.0 Å². The van der Waals surface area contributed by atoms with E-state index in [1.165, 1.54) is 30.2 Å². The molecule has 4 rings (SSSR count). The largest absolute Gasteiger partial charge is 0.458 e. The lowest BCUT2D eigenvalue weighted by atomic mass is 9.87. The summed E-state index contributed by atoms with van der Waals surface area (Å²) in [5.74, 6) is -1.40. The van der Waals surface area contributed by atoms with E-state index >= 15 is 0 Å². The average Bonchev–Trinajstić information content (AvgIpc) is 2.72. The zero-order chi connectivity index (χ0) is 23.9. The molecule has 7 heteroatoms. The predicted octanol–water partition coefficient (Wildman–Crippen LogP) is 8.18. The van der Waals surface area contributed by atoms with E-state index in [9.17, 15) is 30.7 Å². The summed E-state index contributed by atoms with van der Waals surface area (Å²) in [7, 11) is 0. The summed E-state index contributed by atoms with van der Waals surface area (Å²) in [5, 5.41) is -0.280. The molecule has 3 aromatic carbocycles. The van der Waals surface area contributed by atoms with Gasteiger partial charge in [0.25, 0.3) is 0 Å². The molecule has 0 amide bonds. The van der Waals surface area contributed by atoms with E-state index in [-0.39, 0.29) is 21.9 Å². The summed E-state index contributed by atoms with van der Waals surface area (Å²) >= 11 is 0. The quantitative estimate of drug-likeness (QED) is 0.266. The normalized spacial score (nSPS) is 16.4. The molecular formula is C26H17F7. The van der Waals surface area contributed by atoms with Crippen LogP contribution in [0.4, 0.5) is 30.7 Å². The third-order valence-electron chi connectivity index (χ3n) is 5.73. The Hall–Kier alpha value is -3.27. The zero-order valence-corrected chi connectivity index (χ0v) is 17.4. The Balaban J connectivity index is 1.77. The number of allylic oxidation sites excluding steroid dienone is 2. The second-order valence-corrected chi connectivity index (χ2v) is 8.15. The van der Waals surface area contributed by atoms with Crippen molar-refractivity contribution in [2.75, 3.05) is 0 Å². The topological polar surface area (TPSA) is 0 Å². The highest BCUT2D eigenvalue weighted by molar-refractivity contribution is 5.89. The molecular weight excluding hydrogens is 445 g/mol. The van der Waals surface area contributed by atoms with Gasteiger partial charge in [0.2, 0.25) is 0 Å². The molecule has 0 N–H and O–H groups in total. The number of hydrogen-bond donors (Lipinski definition) is 0. The van der Waals surface area contributed by atoms with Gasteiger partial charge in [0.1, 0.15) is 23.3 Å². The van der Waals surface area contributed by atoms with Gasteiger partial charge in [-0.25, -0.2) is 17.6 Å². The first-order valence-corrected chi connectivity index (χ1v) is 10.2. The maximum absolute atomic E-state index is 14.9. The number of alkyl halides is 3. The SMILES string of the molecule is CC1CC=C(c2cc(F)c(-c3ccc4c(F)c(C#CC(F)(F)F)c(F)cc4c3)c(F)c2)CC1. The molecule has 170 valence electrons. The third-order valence-corrected chi connectivity index (χ3v) is 5.73. The molecule has 0 spiro atoms. The minimum Gasteiger partial charge on any atom is -0.206 e. The number of fused-ring (bicyclic) bond motifs is 1. The molecule has 0 aliphatic heterocycles. The van der Waals surface area contributed by atoms with E-state index in [2.05, 4.69) is 6.92 Å². The van der Waals surface area contributed by atoms with Gasteiger partial charge in [-0.3, -0.25) is 0 Å². The van der Waals surface area contributed by atoms with Gasteiger partial charge in [-0.2, -0.15) is 13.2 Å². The van der Waals surface area contributed by atoms with Gasteiger partial charge in [-0.05, 0) is 71.5 Å². The summed E-state index contributed by atoms with van der Waals surface area (Å²) < 4.78 is 95.7. The van der Waals surface area contributed by atoms with Crippen LogP contribution < -0.4 is 0 Å². The monoisotopic (exact) mass is 462 g/mol. The van der Waals surface area contributed by atoms with E-state index in [1.54, 1.807) is 0 Å². The molecule has 0 aromatic heterocycles. The molecule has 1 unspecified atom stereocenters. The first kappa shape index (κ1) is 22.9. The molecule has 0 fully saturated rings. The third kappa shape index (κ3) is 4.75. The fourth-order valence-corrected chi connectivity index (χ4v) is 4.00. The van der Waals surface area contributed by atoms with Crippen molar-refractivity contribution in [2.45, 2.75) is 32.4 Å². The summed E-state index contributed by atoms with van der Waals surface area (Å²) in [6.07, 6.45) is -0.466. The Morgan fingerprint density at radius 3 is 2.18 bits per heavy atom. The highest BCUT2D eigenvalue weighted by Crippen LogP contribution is 2.36. The molecule has 3 aromatic rings. The highest BCUT2D eigenvalue weighted by atomic mass is 19.4. The first-order valence-electron chi connectivity index (χ1n) is 10.2. The van der Waals surface area contributed by atoms with Crippen molar-refractivity contribution in [3.05, 3.63) is 76.9 Å². The summed E-state index contributed by atoms with van der Waals surface area (Å²) in [4.78, 5) is 0. The highest BCUT2D eigenvalue weighted by Gasteiger charge is 2.24. The van der Waals surface area contributed by atoms with Gasteiger partial charge in [0, 0.05) is 11.3 Å². The molecule has 0 bridgehead atoms. The van der Waals surface area contributed by atoms with Crippen LogP contribution in [0.25, 0.3) is 27.5 Å². The van der Waals surface area contributed by atoms with Crippen LogP contribution in [0, 0.1) is 41.0 Å². The van der Waals surface area contributed by atoms with Crippen molar-refractivity contribution in [3.63, 3.8) is 0 Å². The zero-order valence-electron chi connectivity index (χ0n) is 17.4. The van der Waals surface area contributed by atoms with Gasteiger partial charge in [0.15, 0.2) is 0 Å². The maximum Gasteiger partial charge on any atom is 0.458 e. The van der Waals surface area contributed by atoms with Crippen molar-refractivity contribution in [2.24, 2.45) is 5.92 Å². The molecule has 0 radical (unpaired) electrons. The molecule has 33 heavy (non-hydrogen) atoms. The van der Waals surface area contributed by atoms with E-state index in [4.69, 9.17) is 0 Å². The van der Waals surface area contributed by atoms with E-state index in [1.807, 2.05) is 6.08 Å². The van der Waals surface area contributed by atoms with Crippen molar-refractivity contribution in [1.29, 1.82) is 0 Å². The first-order chi connectivity index (χ1) is 15.5. The Labute approximate surface area is 185 Å². The Kier molecular flexibility index (Phi) is 5.96. The standard InChI is InChI=1S/C26H17F7/c1-14-2-4-15(5-3-14)17-11-22(28)24(23(29)12-17)16-6-7-19-18(10-16)13-21(27)20(25(19)30)8-9-26(31,32)33/h4,6-7,10-14H,2-3,5H2,1H3. The van der Waals surface area contributed by atoms with Crippen LogP contribution in [0.1, 0.15) is 37.3 Å². The lowest BCUT2D eigenvalue weighted by molar-refractivity contribution is -0.0696. The summed E-state index contributed by atoms with van der Waals surface area (Å²) in [6, 6.07) is 6.82. The second-order valence-electron chi connectivity index (χ2n) is 8.15. The number of rotatable bonds is 2. The lowest BCUT2D eigenvalue weighted by Gasteiger charge is -2.19. The van der Waals surface area contributed by atoms with Crippen LogP contribution >= 0.6 is 0 Å².